The van der Waals surface area contributed by atoms with E-state index in [0.29, 0.717) is 23.1 Å². The SMILES string of the molecule is CC(C)n1cc(-c2ccc(Oc3c(C=O)cccc3C(F)(F)F)cc2)c2c(N)ncnc21. The van der Waals surface area contributed by atoms with Crippen molar-refractivity contribution in [3.8, 4) is 22.6 Å². The average molecular weight is 440 g/mol. The van der Waals surface area contributed by atoms with Gasteiger partial charge in [0.2, 0.25) is 0 Å². The van der Waals surface area contributed by atoms with Crippen LogP contribution in [0.2, 0.25) is 0 Å². The minimum absolute atomic E-state index is 0.129. The highest BCUT2D eigenvalue weighted by Crippen LogP contribution is 2.40. The Kier molecular flexibility index (Phi) is 5.33. The number of anilines is 1. The summed E-state index contributed by atoms with van der Waals surface area (Å²) in [6.45, 7) is 4.03. The molecule has 2 N–H and O–H groups in total. The summed E-state index contributed by atoms with van der Waals surface area (Å²) in [6, 6.07) is 9.93. The van der Waals surface area contributed by atoms with Crippen molar-refractivity contribution in [1.82, 2.24) is 14.5 Å². The number of alkyl halides is 3. The van der Waals surface area contributed by atoms with Crippen LogP contribution in [0.3, 0.4) is 0 Å². The summed E-state index contributed by atoms with van der Waals surface area (Å²) in [7, 11) is 0. The molecule has 6 nitrogen and oxygen atoms in total. The lowest BCUT2D eigenvalue weighted by Gasteiger charge is -2.15. The Morgan fingerprint density at radius 2 is 1.81 bits per heavy atom. The van der Waals surface area contributed by atoms with Crippen LogP contribution in [-0.2, 0) is 6.18 Å². The molecule has 0 bridgehead atoms. The van der Waals surface area contributed by atoms with Gasteiger partial charge >= 0.3 is 6.18 Å². The number of rotatable bonds is 5. The van der Waals surface area contributed by atoms with Crippen molar-refractivity contribution in [2.75, 3.05) is 5.73 Å². The molecule has 0 spiro atoms. The van der Waals surface area contributed by atoms with Gasteiger partial charge in [0.25, 0.3) is 0 Å². The molecule has 2 heterocycles. The predicted molar refractivity (Wildman–Crippen MR) is 115 cm³/mol. The van der Waals surface area contributed by atoms with Gasteiger partial charge in [0, 0.05) is 17.8 Å². The molecule has 0 saturated heterocycles. The van der Waals surface area contributed by atoms with Gasteiger partial charge in [-0.25, -0.2) is 9.97 Å². The maximum absolute atomic E-state index is 13.4. The number of aromatic nitrogens is 3. The molecule has 4 rings (SSSR count). The number of hydrogen-bond donors (Lipinski definition) is 1. The zero-order valence-electron chi connectivity index (χ0n) is 17.2. The standard InChI is InChI=1S/C23H19F3N4O2/c1-13(2)30-10-17(19-21(27)28-12-29-22(19)30)14-6-8-16(9-7-14)32-20-15(11-31)4-3-5-18(20)23(24,25)26/h3-13H,1-2H3,(H2,27,28,29). The van der Waals surface area contributed by atoms with Crippen molar-refractivity contribution < 1.29 is 22.7 Å². The van der Waals surface area contributed by atoms with Crippen LogP contribution < -0.4 is 10.5 Å². The highest BCUT2D eigenvalue weighted by Gasteiger charge is 2.35. The summed E-state index contributed by atoms with van der Waals surface area (Å²) in [5, 5.41) is 0.695. The van der Waals surface area contributed by atoms with Crippen LogP contribution in [0.4, 0.5) is 19.0 Å². The number of ether oxygens (including phenoxy) is 1. The van der Waals surface area contributed by atoms with E-state index in [2.05, 4.69) is 9.97 Å². The normalized spacial score (nSPS) is 11.8. The Labute approximate surface area is 181 Å². The first-order valence-corrected chi connectivity index (χ1v) is 9.75. The average Bonchev–Trinajstić information content (AvgIpc) is 3.15. The van der Waals surface area contributed by atoms with Crippen molar-refractivity contribution in [2.24, 2.45) is 0 Å². The quantitative estimate of drug-likeness (QED) is 0.392. The van der Waals surface area contributed by atoms with Crippen molar-refractivity contribution in [3.63, 3.8) is 0 Å². The van der Waals surface area contributed by atoms with Gasteiger partial charge in [0.05, 0.1) is 16.5 Å². The molecular weight excluding hydrogens is 421 g/mol. The van der Waals surface area contributed by atoms with Crippen LogP contribution in [0.5, 0.6) is 11.5 Å². The van der Waals surface area contributed by atoms with E-state index in [1.54, 1.807) is 12.1 Å². The van der Waals surface area contributed by atoms with Crippen LogP contribution in [0.25, 0.3) is 22.2 Å². The van der Waals surface area contributed by atoms with Gasteiger partial charge in [-0.1, -0.05) is 18.2 Å². The van der Waals surface area contributed by atoms with E-state index in [4.69, 9.17) is 10.5 Å². The van der Waals surface area contributed by atoms with Gasteiger partial charge in [0.15, 0.2) is 6.29 Å². The smallest absolute Gasteiger partial charge is 0.420 e. The summed E-state index contributed by atoms with van der Waals surface area (Å²) in [6.07, 6.45) is -1.01. The fourth-order valence-corrected chi connectivity index (χ4v) is 3.53. The van der Waals surface area contributed by atoms with Crippen LogP contribution in [-0.4, -0.2) is 20.8 Å². The molecule has 0 aliphatic heterocycles. The highest BCUT2D eigenvalue weighted by molar-refractivity contribution is 6.00. The Morgan fingerprint density at radius 3 is 2.44 bits per heavy atom. The third-order valence-electron chi connectivity index (χ3n) is 5.06. The third kappa shape index (κ3) is 3.77. The molecule has 32 heavy (non-hydrogen) atoms. The number of nitrogen functional groups attached to an aromatic ring is 1. The molecule has 9 heteroatoms. The molecular formula is C23H19F3N4O2. The summed E-state index contributed by atoms with van der Waals surface area (Å²) in [5.41, 5.74) is 7.15. The number of nitrogens with zero attached hydrogens (tertiary/aromatic N) is 3. The minimum Gasteiger partial charge on any atom is -0.456 e. The first-order valence-electron chi connectivity index (χ1n) is 9.75. The number of fused-ring (bicyclic) bond motifs is 1. The zero-order chi connectivity index (χ0) is 23.0. The van der Waals surface area contributed by atoms with Crippen molar-refractivity contribution in [2.45, 2.75) is 26.1 Å². The number of carbonyl (C=O) groups excluding carboxylic acids is 1. The van der Waals surface area contributed by atoms with Crippen LogP contribution in [0.15, 0.2) is 55.0 Å². The fraction of sp³-hybridized carbons (Fsp3) is 0.174. The van der Waals surface area contributed by atoms with E-state index in [0.717, 1.165) is 17.2 Å². The summed E-state index contributed by atoms with van der Waals surface area (Å²) < 4.78 is 47.6. The van der Waals surface area contributed by atoms with Crippen molar-refractivity contribution in [3.05, 3.63) is 66.1 Å². The largest absolute Gasteiger partial charge is 0.456 e. The van der Waals surface area contributed by atoms with E-state index in [1.807, 2.05) is 24.6 Å². The molecule has 2 aromatic carbocycles. The third-order valence-corrected chi connectivity index (χ3v) is 5.06. The molecule has 164 valence electrons. The van der Waals surface area contributed by atoms with E-state index in [1.165, 1.54) is 30.6 Å². The van der Waals surface area contributed by atoms with Gasteiger partial charge in [-0.05, 0) is 43.7 Å². The summed E-state index contributed by atoms with van der Waals surface area (Å²) in [5.74, 6) is -0.0402. The number of halogens is 3. The van der Waals surface area contributed by atoms with Gasteiger partial charge in [-0.2, -0.15) is 13.2 Å². The molecule has 0 amide bonds. The zero-order valence-corrected chi connectivity index (χ0v) is 17.2. The highest BCUT2D eigenvalue weighted by atomic mass is 19.4. The minimum atomic E-state index is -4.66. The van der Waals surface area contributed by atoms with Gasteiger partial charge in [0.1, 0.15) is 29.3 Å². The van der Waals surface area contributed by atoms with Crippen LogP contribution >= 0.6 is 0 Å². The monoisotopic (exact) mass is 440 g/mol. The number of hydrogen-bond acceptors (Lipinski definition) is 5. The predicted octanol–water partition coefficient (Wildman–Crippen LogP) is 5.89. The Morgan fingerprint density at radius 1 is 1.09 bits per heavy atom. The topological polar surface area (TPSA) is 83.0 Å². The van der Waals surface area contributed by atoms with Crippen molar-refractivity contribution >= 4 is 23.1 Å². The summed E-state index contributed by atoms with van der Waals surface area (Å²) >= 11 is 0. The molecule has 0 fully saturated rings. The van der Waals surface area contributed by atoms with Crippen LogP contribution in [0.1, 0.15) is 35.8 Å². The van der Waals surface area contributed by atoms with Gasteiger partial charge in [-0.15, -0.1) is 0 Å². The van der Waals surface area contributed by atoms with Crippen molar-refractivity contribution in [1.29, 1.82) is 0 Å². The lowest BCUT2D eigenvalue weighted by atomic mass is 10.1. The Hall–Kier alpha value is -3.88. The molecule has 4 aromatic rings. The second-order valence-electron chi connectivity index (χ2n) is 7.47. The Balaban J connectivity index is 1.75. The maximum Gasteiger partial charge on any atom is 0.420 e. The first kappa shape index (κ1) is 21.4. The molecule has 2 aromatic heterocycles. The van der Waals surface area contributed by atoms with E-state index < -0.39 is 17.5 Å². The summed E-state index contributed by atoms with van der Waals surface area (Å²) in [4.78, 5) is 19.7. The van der Waals surface area contributed by atoms with Gasteiger partial charge < -0.3 is 15.0 Å². The first-order chi connectivity index (χ1) is 15.2. The van der Waals surface area contributed by atoms with Gasteiger partial charge in [-0.3, -0.25) is 4.79 Å². The number of nitrogens with two attached hydrogens (primary N) is 1. The van der Waals surface area contributed by atoms with E-state index >= 15 is 0 Å². The van der Waals surface area contributed by atoms with Crippen LogP contribution in [0, 0.1) is 0 Å². The second kappa shape index (κ2) is 7.99. The molecule has 0 atom stereocenters. The Bertz CT molecular complexity index is 1300. The number of aldehydes is 1. The van der Waals surface area contributed by atoms with E-state index in [9.17, 15) is 18.0 Å². The lowest BCUT2D eigenvalue weighted by molar-refractivity contribution is -0.138. The number of para-hydroxylation sites is 1. The maximum atomic E-state index is 13.4. The molecule has 0 saturated carbocycles. The van der Waals surface area contributed by atoms with E-state index in [-0.39, 0.29) is 17.4 Å². The number of benzene rings is 2. The lowest BCUT2D eigenvalue weighted by Crippen LogP contribution is -2.08. The molecule has 0 unspecified atom stereocenters. The second-order valence-corrected chi connectivity index (χ2v) is 7.47. The molecule has 0 aliphatic rings. The molecule has 0 aliphatic carbocycles. The number of carbonyl (C=O) groups is 1. The fourth-order valence-electron chi connectivity index (χ4n) is 3.53. The molecule has 0 radical (unpaired) electrons.